The van der Waals surface area contributed by atoms with Gasteiger partial charge in [0.15, 0.2) is 0 Å². The van der Waals surface area contributed by atoms with Crippen molar-refractivity contribution in [3.8, 4) is 17.0 Å². The zero-order chi connectivity index (χ0) is 16.0. The molecule has 0 amide bonds. The van der Waals surface area contributed by atoms with Gasteiger partial charge in [0.2, 0.25) is 5.88 Å². The minimum absolute atomic E-state index is 0.0291. The highest BCUT2D eigenvalue weighted by molar-refractivity contribution is 6.33. The Morgan fingerprint density at radius 1 is 1.24 bits per heavy atom. The maximum Gasteiger partial charge on any atom is 0.213 e. The van der Waals surface area contributed by atoms with Gasteiger partial charge in [-0.1, -0.05) is 25.4 Å². The molecule has 0 aliphatic rings. The number of nitrogens with zero attached hydrogens (tertiary/aromatic N) is 1. The molecule has 0 bridgehead atoms. The molecule has 114 valence electrons. The standard InChI is InChI=1S/C14H14ClFN2O.C2H6/c1-8(2)19-14-4-3-9(7-18-14)10-5-12(16)13(17)6-11(10)15;1-2/h3-8H,17H2,1-2H3;1-2H3. The van der Waals surface area contributed by atoms with E-state index in [9.17, 15) is 4.39 Å². The van der Waals surface area contributed by atoms with Crippen LogP contribution in [0.5, 0.6) is 5.88 Å². The third kappa shape index (κ3) is 4.60. The lowest BCUT2D eigenvalue weighted by atomic mass is 10.1. The van der Waals surface area contributed by atoms with E-state index in [1.807, 2.05) is 27.7 Å². The smallest absolute Gasteiger partial charge is 0.213 e. The molecule has 0 saturated heterocycles. The third-order valence-corrected chi connectivity index (χ3v) is 2.80. The van der Waals surface area contributed by atoms with Crippen LogP contribution in [0.3, 0.4) is 0 Å². The number of halogens is 2. The van der Waals surface area contributed by atoms with Crippen LogP contribution in [-0.4, -0.2) is 11.1 Å². The highest BCUT2D eigenvalue weighted by atomic mass is 35.5. The first-order chi connectivity index (χ1) is 9.97. The van der Waals surface area contributed by atoms with Crippen molar-refractivity contribution in [3.63, 3.8) is 0 Å². The summed E-state index contributed by atoms with van der Waals surface area (Å²) >= 11 is 6.05. The number of benzene rings is 1. The fourth-order valence-electron chi connectivity index (χ4n) is 1.63. The zero-order valence-corrected chi connectivity index (χ0v) is 13.4. The topological polar surface area (TPSA) is 48.1 Å². The molecule has 2 N–H and O–H groups in total. The molecule has 5 heteroatoms. The van der Waals surface area contributed by atoms with E-state index < -0.39 is 5.82 Å². The Kier molecular flexibility index (Phi) is 6.43. The summed E-state index contributed by atoms with van der Waals surface area (Å²) in [6, 6.07) is 6.20. The second-order valence-corrected chi connectivity index (χ2v) is 4.81. The van der Waals surface area contributed by atoms with Gasteiger partial charge in [0, 0.05) is 23.4 Å². The van der Waals surface area contributed by atoms with Crippen LogP contribution in [0.15, 0.2) is 30.5 Å². The molecule has 1 aromatic carbocycles. The summed E-state index contributed by atoms with van der Waals surface area (Å²) in [6.07, 6.45) is 1.64. The molecule has 3 nitrogen and oxygen atoms in total. The summed E-state index contributed by atoms with van der Waals surface area (Å²) in [5.74, 6) is 0.0210. The van der Waals surface area contributed by atoms with Crippen molar-refractivity contribution < 1.29 is 9.13 Å². The van der Waals surface area contributed by atoms with Gasteiger partial charge in [-0.15, -0.1) is 0 Å². The molecule has 2 aromatic rings. The van der Waals surface area contributed by atoms with Crippen molar-refractivity contribution in [1.82, 2.24) is 4.98 Å². The van der Waals surface area contributed by atoms with Gasteiger partial charge >= 0.3 is 0 Å². The third-order valence-electron chi connectivity index (χ3n) is 2.49. The number of pyridine rings is 1. The zero-order valence-electron chi connectivity index (χ0n) is 12.7. The van der Waals surface area contributed by atoms with E-state index in [1.54, 1.807) is 18.3 Å². The van der Waals surface area contributed by atoms with E-state index >= 15 is 0 Å². The van der Waals surface area contributed by atoms with Crippen LogP contribution in [0.4, 0.5) is 10.1 Å². The molecule has 0 aliphatic carbocycles. The van der Waals surface area contributed by atoms with Crippen molar-refractivity contribution in [2.24, 2.45) is 0 Å². The molecule has 0 aliphatic heterocycles. The Balaban J connectivity index is 0.00000106. The second-order valence-electron chi connectivity index (χ2n) is 4.41. The van der Waals surface area contributed by atoms with Crippen LogP contribution < -0.4 is 10.5 Å². The number of hydrogen-bond donors (Lipinski definition) is 1. The molecule has 1 heterocycles. The Bertz CT molecular complexity index is 586. The number of hydrogen-bond acceptors (Lipinski definition) is 3. The molecule has 2 rings (SSSR count). The van der Waals surface area contributed by atoms with Crippen LogP contribution in [0.2, 0.25) is 5.02 Å². The summed E-state index contributed by atoms with van der Waals surface area (Å²) in [6.45, 7) is 7.84. The van der Waals surface area contributed by atoms with E-state index in [0.29, 0.717) is 22.0 Å². The van der Waals surface area contributed by atoms with Crippen molar-refractivity contribution in [1.29, 1.82) is 0 Å². The van der Waals surface area contributed by atoms with Gasteiger partial charge in [0.25, 0.3) is 0 Å². The lowest BCUT2D eigenvalue weighted by molar-refractivity contribution is 0.232. The van der Waals surface area contributed by atoms with Gasteiger partial charge in [0.1, 0.15) is 5.82 Å². The number of rotatable bonds is 3. The molecular weight excluding hydrogens is 291 g/mol. The normalized spacial score (nSPS) is 10.0. The summed E-state index contributed by atoms with van der Waals surface area (Å²) in [4.78, 5) is 4.15. The summed E-state index contributed by atoms with van der Waals surface area (Å²) in [5.41, 5.74) is 6.74. The summed E-state index contributed by atoms with van der Waals surface area (Å²) in [5, 5.41) is 0.387. The van der Waals surface area contributed by atoms with Crippen LogP contribution >= 0.6 is 11.6 Å². The predicted molar refractivity (Wildman–Crippen MR) is 86.2 cm³/mol. The van der Waals surface area contributed by atoms with E-state index in [1.165, 1.54) is 12.1 Å². The first kappa shape index (κ1) is 17.2. The summed E-state index contributed by atoms with van der Waals surface area (Å²) in [7, 11) is 0. The Labute approximate surface area is 129 Å². The summed E-state index contributed by atoms with van der Waals surface area (Å²) < 4.78 is 18.9. The number of nitrogen functional groups attached to an aromatic ring is 1. The lowest BCUT2D eigenvalue weighted by Crippen LogP contribution is -2.06. The maximum absolute atomic E-state index is 13.5. The molecule has 1 aromatic heterocycles. The van der Waals surface area contributed by atoms with Crippen LogP contribution in [0.1, 0.15) is 27.7 Å². The molecule has 0 fully saturated rings. The average Bonchev–Trinajstić information content (AvgIpc) is 2.45. The van der Waals surface area contributed by atoms with Crippen molar-refractivity contribution in [2.45, 2.75) is 33.8 Å². The second kappa shape index (κ2) is 7.84. The van der Waals surface area contributed by atoms with Crippen LogP contribution in [-0.2, 0) is 0 Å². The van der Waals surface area contributed by atoms with E-state index in [2.05, 4.69) is 4.98 Å². The van der Waals surface area contributed by atoms with Gasteiger partial charge in [0.05, 0.1) is 16.8 Å². The van der Waals surface area contributed by atoms with E-state index in [0.717, 1.165) is 0 Å². The quantitative estimate of drug-likeness (QED) is 0.817. The fraction of sp³-hybridized carbons (Fsp3) is 0.312. The van der Waals surface area contributed by atoms with Gasteiger partial charge in [-0.05, 0) is 32.0 Å². The number of anilines is 1. The Morgan fingerprint density at radius 3 is 2.43 bits per heavy atom. The first-order valence-electron chi connectivity index (χ1n) is 6.85. The monoisotopic (exact) mass is 310 g/mol. The SMILES string of the molecule is CC.CC(C)Oc1ccc(-c2cc(F)c(N)cc2Cl)cn1. The van der Waals surface area contributed by atoms with Crippen molar-refractivity contribution in [2.75, 3.05) is 5.73 Å². The highest BCUT2D eigenvalue weighted by Crippen LogP contribution is 2.31. The minimum Gasteiger partial charge on any atom is -0.475 e. The molecule has 0 saturated carbocycles. The molecule has 0 spiro atoms. The lowest BCUT2D eigenvalue weighted by Gasteiger charge is -2.10. The first-order valence-corrected chi connectivity index (χ1v) is 7.22. The Morgan fingerprint density at radius 2 is 1.90 bits per heavy atom. The molecule has 0 radical (unpaired) electrons. The fourth-order valence-corrected chi connectivity index (χ4v) is 1.92. The minimum atomic E-state index is -0.498. The van der Waals surface area contributed by atoms with E-state index in [4.69, 9.17) is 22.1 Å². The number of nitrogens with two attached hydrogens (primary N) is 1. The number of ether oxygens (including phenoxy) is 1. The maximum atomic E-state index is 13.5. The predicted octanol–water partition coefficient (Wildman–Crippen LogP) is 4.94. The van der Waals surface area contributed by atoms with Crippen LogP contribution in [0, 0.1) is 5.82 Å². The van der Waals surface area contributed by atoms with Gasteiger partial charge < -0.3 is 10.5 Å². The van der Waals surface area contributed by atoms with Crippen LogP contribution in [0.25, 0.3) is 11.1 Å². The Hall–Kier alpha value is -1.81. The molecule has 0 atom stereocenters. The molecular formula is C16H20ClFN2O. The van der Waals surface area contributed by atoms with E-state index in [-0.39, 0.29) is 11.8 Å². The van der Waals surface area contributed by atoms with Crippen molar-refractivity contribution >= 4 is 17.3 Å². The largest absolute Gasteiger partial charge is 0.475 e. The van der Waals surface area contributed by atoms with Gasteiger partial charge in [-0.2, -0.15) is 0 Å². The molecule has 21 heavy (non-hydrogen) atoms. The highest BCUT2D eigenvalue weighted by Gasteiger charge is 2.09. The van der Waals surface area contributed by atoms with Crippen molar-refractivity contribution in [3.05, 3.63) is 41.3 Å². The molecule has 0 unspecified atom stereocenters. The van der Waals surface area contributed by atoms with Gasteiger partial charge in [-0.3, -0.25) is 0 Å². The van der Waals surface area contributed by atoms with Gasteiger partial charge in [-0.25, -0.2) is 9.37 Å². The average molecular weight is 311 g/mol. The number of aromatic nitrogens is 1.